The van der Waals surface area contributed by atoms with Gasteiger partial charge in [-0.3, -0.25) is 9.98 Å². The van der Waals surface area contributed by atoms with E-state index in [4.69, 9.17) is 0 Å². The predicted molar refractivity (Wildman–Crippen MR) is 57.6 cm³/mol. The van der Waals surface area contributed by atoms with Gasteiger partial charge in [-0.2, -0.15) is 12.6 Å². The van der Waals surface area contributed by atoms with Crippen LogP contribution in [0.25, 0.3) is 0 Å². The van der Waals surface area contributed by atoms with Crippen molar-refractivity contribution in [3.63, 3.8) is 0 Å². The van der Waals surface area contributed by atoms with E-state index in [1.54, 1.807) is 6.20 Å². The van der Waals surface area contributed by atoms with E-state index in [0.717, 1.165) is 0 Å². The summed E-state index contributed by atoms with van der Waals surface area (Å²) in [5, 5.41) is 0. The summed E-state index contributed by atoms with van der Waals surface area (Å²) in [6.45, 7) is 6.00. The highest BCUT2D eigenvalue weighted by molar-refractivity contribution is 7.82. The molecule has 0 aliphatic carbocycles. The second-order valence-electron chi connectivity index (χ2n) is 3.73. The minimum atomic E-state index is -0.283. The molecule has 0 aromatic heterocycles. The highest BCUT2D eigenvalue weighted by Gasteiger charge is 2.17. The highest BCUT2D eigenvalue weighted by Crippen LogP contribution is 2.16. The monoisotopic (exact) mass is 182 g/mol. The van der Waals surface area contributed by atoms with Crippen LogP contribution in [-0.4, -0.2) is 22.7 Å². The van der Waals surface area contributed by atoms with Crippen molar-refractivity contribution in [3.8, 4) is 0 Å². The van der Waals surface area contributed by atoms with Crippen LogP contribution < -0.4 is 0 Å². The fraction of sp³-hybridized carbons (Fsp3) is 0.556. The van der Waals surface area contributed by atoms with Gasteiger partial charge >= 0.3 is 0 Å². The molecule has 0 spiro atoms. The maximum atomic E-state index is 4.40. The molecule has 0 fully saturated rings. The fourth-order valence-electron chi connectivity index (χ4n) is 0.793. The zero-order valence-electron chi connectivity index (χ0n) is 7.65. The zero-order chi connectivity index (χ0) is 9.24. The third-order valence-electron chi connectivity index (χ3n) is 1.55. The summed E-state index contributed by atoms with van der Waals surface area (Å²) in [6, 6.07) is 0. The lowest BCUT2D eigenvalue weighted by molar-refractivity contribution is 0.714. The minimum absolute atomic E-state index is 0.214. The van der Waals surface area contributed by atoms with E-state index in [0.29, 0.717) is 0 Å². The lowest BCUT2D eigenvalue weighted by atomic mass is 10.1. The van der Waals surface area contributed by atoms with E-state index in [9.17, 15) is 0 Å². The Labute approximate surface area is 78.9 Å². The molecule has 1 rings (SSSR count). The van der Waals surface area contributed by atoms with Crippen LogP contribution in [0.3, 0.4) is 0 Å². The van der Waals surface area contributed by atoms with Gasteiger partial charge in [-0.05, 0) is 26.8 Å². The Morgan fingerprint density at radius 2 is 1.83 bits per heavy atom. The Morgan fingerprint density at radius 1 is 1.17 bits per heavy atom. The van der Waals surface area contributed by atoms with Gasteiger partial charge in [0.15, 0.2) is 0 Å². The van der Waals surface area contributed by atoms with Crippen molar-refractivity contribution >= 4 is 25.1 Å². The maximum Gasteiger partial charge on any atom is 0.0898 e. The van der Waals surface area contributed by atoms with Gasteiger partial charge in [0.2, 0.25) is 0 Å². The van der Waals surface area contributed by atoms with Crippen LogP contribution in [0.1, 0.15) is 20.8 Å². The molecule has 1 heterocycles. The van der Waals surface area contributed by atoms with Crippen molar-refractivity contribution in [2.24, 2.45) is 9.98 Å². The van der Waals surface area contributed by atoms with E-state index in [1.807, 2.05) is 39.3 Å². The van der Waals surface area contributed by atoms with Gasteiger partial charge in [-0.15, -0.1) is 0 Å². The smallest absolute Gasteiger partial charge is 0.0898 e. The van der Waals surface area contributed by atoms with Crippen molar-refractivity contribution in [1.82, 2.24) is 0 Å². The van der Waals surface area contributed by atoms with Crippen LogP contribution in [0.4, 0.5) is 0 Å². The van der Waals surface area contributed by atoms with E-state index < -0.39 is 0 Å². The summed E-state index contributed by atoms with van der Waals surface area (Å²) in [4.78, 5) is 8.48. The molecule has 0 aromatic rings. The van der Waals surface area contributed by atoms with Gasteiger partial charge in [0, 0.05) is 18.6 Å². The molecule has 2 nitrogen and oxygen atoms in total. The molecule has 0 bridgehead atoms. The molecule has 12 heavy (non-hydrogen) atoms. The Morgan fingerprint density at radius 3 is 2.50 bits per heavy atom. The SMILES string of the molecule is CC1(S)C=NC(C)(C)C=N/C=C\1. The number of hydrogen-bond acceptors (Lipinski definition) is 3. The van der Waals surface area contributed by atoms with Gasteiger partial charge in [0.25, 0.3) is 0 Å². The Balaban J connectivity index is 2.97. The summed E-state index contributed by atoms with van der Waals surface area (Å²) < 4.78 is -0.283. The quantitative estimate of drug-likeness (QED) is 0.555. The summed E-state index contributed by atoms with van der Waals surface area (Å²) in [5.74, 6) is 0. The number of nitrogens with zero attached hydrogens (tertiary/aromatic N) is 2. The molecular formula is C9H14N2S. The lowest BCUT2D eigenvalue weighted by Crippen LogP contribution is -2.24. The minimum Gasteiger partial charge on any atom is -0.284 e. The molecule has 1 unspecified atom stereocenters. The zero-order valence-corrected chi connectivity index (χ0v) is 8.55. The first-order valence-electron chi connectivity index (χ1n) is 3.92. The van der Waals surface area contributed by atoms with Crippen LogP contribution in [0.15, 0.2) is 22.3 Å². The molecule has 0 aromatic carbocycles. The third-order valence-corrected chi connectivity index (χ3v) is 1.81. The van der Waals surface area contributed by atoms with E-state index >= 15 is 0 Å². The molecule has 0 saturated heterocycles. The van der Waals surface area contributed by atoms with Crippen molar-refractivity contribution in [2.75, 3.05) is 0 Å². The fourth-order valence-corrected chi connectivity index (χ4v) is 0.917. The van der Waals surface area contributed by atoms with Gasteiger partial charge in [0.1, 0.15) is 0 Å². The number of rotatable bonds is 0. The molecule has 0 saturated carbocycles. The average Bonchev–Trinajstić information content (AvgIpc) is 1.94. The molecule has 1 atom stereocenters. The van der Waals surface area contributed by atoms with E-state index in [2.05, 4.69) is 22.6 Å². The average molecular weight is 182 g/mol. The molecule has 3 heteroatoms. The van der Waals surface area contributed by atoms with Crippen LogP contribution >= 0.6 is 12.6 Å². The van der Waals surface area contributed by atoms with Gasteiger partial charge in [-0.1, -0.05) is 0 Å². The summed E-state index contributed by atoms with van der Waals surface area (Å²) in [7, 11) is 0. The van der Waals surface area contributed by atoms with Gasteiger partial charge in [0.05, 0.1) is 10.3 Å². The van der Waals surface area contributed by atoms with Crippen LogP contribution in [-0.2, 0) is 0 Å². The van der Waals surface area contributed by atoms with E-state index in [-0.39, 0.29) is 10.3 Å². The van der Waals surface area contributed by atoms with Gasteiger partial charge < -0.3 is 0 Å². The van der Waals surface area contributed by atoms with Gasteiger partial charge in [-0.25, -0.2) is 0 Å². The second-order valence-corrected chi connectivity index (χ2v) is 4.70. The Bertz CT molecular complexity index is 223. The van der Waals surface area contributed by atoms with Crippen molar-refractivity contribution in [2.45, 2.75) is 31.1 Å². The molecule has 66 valence electrons. The summed E-state index contributed by atoms with van der Waals surface area (Å²) in [6.07, 6.45) is 7.34. The Hall–Kier alpha value is -0.570. The summed E-state index contributed by atoms with van der Waals surface area (Å²) in [5.41, 5.74) is -0.214. The molecule has 1 aliphatic heterocycles. The molecule has 0 amide bonds. The molecular weight excluding hydrogens is 168 g/mol. The number of hydrogen-bond donors (Lipinski definition) is 1. The van der Waals surface area contributed by atoms with E-state index in [1.165, 1.54) is 0 Å². The van der Waals surface area contributed by atoms with Crippen LogP contribution in [0, 0.1) is 0 Å². The first kappa shape index (κ1) is 9.52. The maximum absolute atomic E-state index is 4.40. The van der Waals surface area contributed by atoms with Crippen molar-refractivity contribution < 1.29 is 0 Å². The molecule has 0 N–H and O–H groups in total. The first-order valence-corrected chi connectivity index (χ1v) is 4.37. The van der Waals surface area contributed by atoms with Crippen molar-refractivity contribution in [3.05, 3.63) is 12.3 Å². The molecule has 0 radical (unpaired) electrons. The highest BCUT2D eigenvalue weighted by atomic mass is 32.1. The Kier molecular flexibility index (Phi) is 2.42. The predicted octanol–water partition coefficient (Wildman–Crippen LogP) is 2.12. The third kappa shape index (κ3) is 2.81. The second kappa shape index (κ2) is 3.05. The standard InChI is InChI=1S/C9H14N2S/c1-8(2)6-10-5-4-9(3,12)7-11-8/h4-7,12H,1-3H3/b5-4-,10-6?,11-7?. The van der Waals surface area contributed by atoms with Crippen LogP contribution in [0.5, 0.6) is 0 Å². The number of aliphatic imine (C=N–C) groups is 2. The van der Waals surface area contributed by atoms with Crippen molar-refractivity contribution in [1.29, 1.82) is 0 Å². The topological polar surface area (TPSA) is 24.7 Å². The molecule has 1 aliphatic rings. The number of thiol groups is 1. The normalized spacial score (nSPS) is 35.7. The largest absolute Gasteiger partial charge is 0.284 e. The van der Waals surface area contributed by atoms with Crippen LogP contribution in [0.2, 0.25) is 0 Å². The first-order chi connectivity index (χ1) is 5.41. The summed E-state index contributed by atoms with van der Waals surface area (Å²) >= 11 is 4.40. The lowest BCUT2D eigenvalue weighted by Gasteiger charge is -2.19.